The van der Waals surface area contributed by atoms with Crippen molar-refractivity contribution in [3.63, 3.8) is 0 Å². The minimum atomic E-state index is -1.60. The second-order valence-electron chi connectivity index (χ2n) is 10.4. The lowest BCUT2D eigenvalue weighted by atomic mass is 10.0. The fraction of sp³-hybridized carbons (Fsp3) is 0.600. The molecule has 35 heavy (non-hydrogen) atoms. The second kappa shape index (κ2) is 9.57. The van der Waals surface area contributed by atoms with E-state index in [1.165, 1.54) is 12.8 Å². The van der Waals surface area contributed by atoms with Gasteiger partial charge in [0, 0.05) is 25.3 Å². The summed E-state index contributed by atoms with van der Waals surface area (Å²) in [5.74, 6) is 1.62. The number of aliphatic hydroxyl groups excluding tert-OH is 2. The molecule has 10 heteroatoms. The molecule has 3 heterocycles. The summed E-state index contributed by atoms with van der Waals surface area (Å²) in [5.41, 5.74) is 1.67. The van der Waals surface area contributed by atoms with Crippen LogP contribution >= 0.6 is 11.3 Å². The third-order valence-corrected chi connectivity index (χ3v) is 7.97. The first-order chi connectivity index (χ1) is 16.8. The number of fused-ring (bicyclic) bond motifs is 1. The highest BCUT2D eigenvalue weighted by molar-refractivity contribution is 7.21. The van der Waals surface area contributed by atoms with E-state index in [1.807, 2.05) is 19.2 Å². The molecule has 0 amide bonds. The summed E-state index contributed by atoms with van der Waals surface area (Å²) < 4.78 is 1.03. The predicted molar refractivity (Wildman–Crippen MR) is 137 cm³/mol. The van der Waals surface area contributed by atoms with Gasteiger partial charge in [-0.25, -0.2) is 9.97 Å². The van der Waals surface area contributed by atoms with Gasteiger partial charge in [-0.15, -0.1) is 11.3 Å². The standard InChI is InChI=1S/C25H34N6O3S/c1-13(2)10-17-20-18(7-9-26-17)35-23(29-20)19-14(3)28-24(27-11-15-4-5-15)30-22(19)31-25(34)8-6-16(12-32)21(25)33/h7,9,13,15-16,21,32-34H,4-6,8,10-12H2,1-3H3,(H2,27,28,30,31)/t16-,21-,25-/m1/s1. The fourth-order valence-electron chi connectivity index (χ4n) is 4.74. The average Bonchev–Trinajstić information content (AvgIpc) is 3.47. The van der Waals surface area contributed by atoms with Crippen molar-refractivity contribution in [2.24, 2.45) is 17.8 Å². The van der Waals surface area contributed by atoms with Crippen LogP contribution in [0.25, 0.3) is 20.8 Å². The first-order valence-corrected chi connectivity index (χ1v) is 13.3. The van der Waals surface area contributed by atoms with E-state index in [0.29, 0.717) is 42.0 Å². The van der Waals surface area contributed by atoms with Gasteiger partial charge in [-0.05, 0) is 56.9 Å². The lowest BCUT2D eigenvalue weighted by Gasteiger charge is -2.31. The van der Waals surface area contributed by atoms with Crippen LogP contribution in [0.4, 0.5) is 11.8 Å². The van der Waals surface area contributed by atoms with Gasteiger partial charge in [-0.1, -0.05) is 13.8 Å². The maximum atomic E-state index is 11.3. The molecule has 3 atom stereocenters. The van der Waals surface area contributed by atoms with Crippen molar-refractivity contribution < 1.29 is 15.3 Å². The fourth-order valence-corrected chi connectivity index (χ4v) is 5.82. The van der Waals surface area contributed by atoms with Crippen molar-refractivity contribution >= 4 is 33.3 Å². The van der Waals surface area contributed by atoms with Crippen molar-refractivity contribution in [3.05, 3.63) is 23.7 Å². The molecule has 5 rings (SSSR count). The summed E-state index contributed by atoms with van der Waals surface area (Å²) in [6, 6.07) is 1.97. The largest absolute Gasteiger partial charge is 0.396 e. The highest BCUT2D eigenvalue weighted by Gasteiger charge is 2.47. The number of nitrogens with one attached hydrogen (secondary N) is 2. The van der Waals surface area contributed by atoms with Crippen LogP contribution in [-0.2, 0) is 6.42 Å². The zero-order chi connectivity index (χ0) is 24.7. The van der Waals surface area contributed by atoms with Gasteiger partial charge in [0.1, 0.15) is 22.4 Å². The molecule has 0 radical (unpaired) electrons. The highest BCUT2D eigenvalue weighted by atomic mass is 32.1. The van der Waals surface area contributed by atoms with Gasteiger partial charge in [0.05, 0.1) is 21.7 Å². The van der Waals surface area contributed by atoms with E-state index in [0.717, 1.165) is 39.6 Å². The second-order valence-corrected chi connectivity index (χ2v) is 11.4. The Balaban J connectivity index is 1.57. The Morgan fingerprint density at radius 2 is 2.00 bits per heavy atom. The van der Waals surface area contributed by atoms with Crippen molar-refractivity contribution in [2.75, 3.05) is 23.8 Å². The van der Waals surface area contributed by atoms with Crippen LogP contribution in [-0.4, -0.2) is 60.2 Å². The molecule has 0 unspecified atom stereocenters. The van der Waals surface area contributed by atoms with Crippen molar-refractivity contribution in [1.29, 1.82) is 0 Å². The number of thiazole rings is 1. The zero-order valence-electron chi connectivity index (χ0n) is 20.5. The number of pyridine rings is 1. The van der Waals surface area contributed by atoms with Crippen molar-refractivity contribution in [1.82, 2.24) is 19.9 Å². The Morgan fingerprint density at radius 3 is 2.69 bits per heavy atom. The van der Waals surface area contributed by atoms with Crippen molar-refractivity contribution in [3.8, 4) is 10.6 Å². The van der Waals surface area contributed by atoms with E-state index in [2.05, 4.69) is 29.5 Å². The Kier molecular flexibility index (Phi) is 6.65. The number of aromatic nitrogens is 4. The Hall–Kier alpha value is -2.40. The van der Waals surface area contributed by atoms with Gasteiger partial charge in [-0.3, -0.25) is 4.98 Å². The molecule has 2 aliphatic rings. The Labute approximate surface area is 209 Å². The molecule has 3 aromatic heterocycles. The molecule has 188 valence electrons. The molecular weight excluding hydrogens is 464 g/mol. The highest BCUT2D eigenvalue weighted by Crippen LogP contribution is 2.41. The topological polar surface area (TPSA) is 136 Å². The summed E-state index contributed by atoms with van der Waals surface area (Å²) >= 11 is 1.54. The maximum Gasteiger partial charge on any atom is 0.224 e. The van der Waals surface area contributed by atoms with E-state index in [4.69, 9.17) is 15.0 Å². The van der Waals surface area contributed by atoms with E-state index < -0.39 is 17.7 Å². The zero-order valence-corrected chi connectivity index (χ0v) is 21.3. The molecule has 0 aliphatic heterocycles. The van der Waals surface area contributed by atoms with Crippen LogP contribution in [0, 0.1) is 24.7 Å². The first kappa shape index (κ1) is 24.3. The summed E-state index contributed by atoms with van der Waals surface area (Å²) in [7, 11) is 0. The van der Waals surface area contributed by atoms with Gasteiger partial charge in [0.25, 0.3) is 0 Å². The number of rotatable bonds is 9. The molecule has 9 nitrogen and oxygen atoms in total. The predicted octanol–water partition coefficient (Wildman–Crippen LogP) is 3.34. The van der Waals surface area contributed by atoms with Gasteiger partial charge in [0.15, 0.2) is 5.72 Å². The third-order valence-electron chi connectivity index (χ3n) is 6.94. The molecule has 2 saturated carbocycles. The number of hydrogen-bond donors (Lipinski definition) is 5. The number of aryl methyl sites for hydroxylation is 1. The molecule has 3 aromatic rings. The number of anilines is 2. The number of hydrogen-bond acceptors (Lipinski definition) is 10. The summed E-state index contributed by atoms with van der Waals surface area (Å²) in [6.07, 6.45) is 4.77. The quantitative estimate of drug-likeness (QED) is 0.281. The molecule has 0 spiro atoms. The van der Waals surface area contributed by atoms with E-state index in [1.54, 1.807) is 11.3 Å². The van der Waals surface area contributed by atoms with E-state index >= 15 is 0 Å². The maximum absolute atomic E-state index is 11.3. The van der Waals surface area contributed by atoms with Crippen LogP contribution in [0.2, 0.25) is 0 Å². The summed E-state index contributed by atoms with van der Waals surface area (Å²) in [5, 5.41) is 38.8. The van der Waals surface area contributed by atoms with E-state index in [-0.39, 0.29) is 6.61 Å². The molecule has 2 fully saturated rings. The Bertz CT molecular complexity index is 1210. The molecule has 5 N–H and O–H groups in total. The monoisotopic (exact) mass is 498 g/mol. The van der Waals surface area contributed by atoms with Gasteiger partial charge in [-0.2, -0.15) is 4.98 Å². The minimum absolute atomic E-state index is 0.182. The van der Waals surface area contributed by atoms with Gasteiger partial charge < -0.3 is 26.0 Å². The third kappa shape index (κ3) is 4.97. The lowest BCUT2D eigenvalue weighted by molar-refractivity contribution is -0.0545. The first-order valence-electron chi connectivity index (χ1n) is 12.4. The summed E-state index contributed by atoms with van der Waals surface area (Å²) in [4.78, 5) is 19.0. The van der Waals surface area contributed by atoms with Crippen LogP contribution in [0.1, 0.15) is 50.9 Å². The molecular formula is C25H34N6O3S. The summed E-state index contributed by atoms with van der Waals surface area (Å²) in [6.45, 7) is 6.86. The van der Waals surface area contributed by atoms with E-state index in [9.17, 15) is 15.3 Å². The molecule has 0 aromatic carbocycles. The average molecular weight is 499 g/mol. The molecule has 0 saturated heterocycles. The number of nitrogens with zero attached hydrogens (tertiary/aromatic N) is 4. The normalized spacial score (nSPS) is 24.4. The van der Waals surface area contributed by atoms with Crippen LogP contribution in [0.5, 0.6) is 0 Å². The smallest absolute Gasteiger partial charge is 0.224 e. The van der Waals surface area contributed by atoms with Crippen LogP contribution in [0.15, 0.2) is 12.3 Å². The minimum Gasteiger partial charge on any atom is -0.396 e. The van der Waals surface area contributed by atoms with Gasteiger partial charge >= 0.3 is 0 Å². The molecule has 2 aliphatic carbocycles. The molecule has 0 bridgehead atoms. The van der Waals surface area contributed by atoms with Crippen LogP contribution in [0.3, 0.4) is 0 Å². The van der Waals surface area contributed by atoms with Gasteiger partial charge in [0.2, 0.25) is 5.95 Å². The lowest BCUT2D eigenvalue weighted by Crippen LogP contribution is -2.48. The number of aliphatic hydroxyl groups is 3. The Morgan fingerprint density at radius 1 is 1.20 bits per heavy atom. The van der Waals surface area contributed by atoms with Crippen molar-refractivity contribution in [2.45, 2.75) is 64.7 Å². The van der Waals surface area contributed by atoms with Crippen LogP contribution < -0.4 is 10.6 Å². The SMILES string of the molecule is Cc1nc(NCC2CC2)nc(N[C@@]2(O)CC[C@H](CO)[C@H]2O)c1-c1nc2c(CC(C)C)nccc2s1.